The zero-order chi connectivity index (χ0) is 18.7. The van der Waals surface area contributed by atoms with Crippen LogP contribution in [0.2, 0.25) is 0 Å². The van der Waals surface area contributed by atoms with Crippen LogP contribution in [-0.2, 0) is 10.9 Å². The first-order valence-corrected chi connectivity index (χ1v) is 8.45. The molecule has 0 saturated heterocycles. The monoisotopic (exact) mass is 356 g/mol. The summed E-state index contributed by atoms with van der Waals surface area (Å²) >= 11 is 0. The van der Waals surface area contributed by atoms with Crippen LogP contribution in [0.25, 0.3) is 0 Å². The van der Waals surface area contributed by atoms with Gasteiger partial charge < -0.3 is 9.22 Å². The minimum atomic E-state index is -4.48. The number of hydrogen-bond donors (Lipinski definition) is 0. The number of allylic oxidation sites excluding steroid dienone is 1. The molecule has 2 unspecified atom stereocenters. The minimum Gasteiger partial charge on any atom is -0.453 e. The lowest BCUT2D eigenvalue weighted by atomic mass is 9.98. The fourth-order valence-corrected chi connectivity index (χ4v) is 3.33. The third kappa shape index (κ3) is 5.33. The van der Waals surface area contributed by atoms with E-state index < -0.39 is 17.7 Å². The Morgan fingerprint density at radius 1 is 1.32 bits per heavy atom. The van der Waals surface area contributed by atoms with Crippen molar-refractivity contribution >= 4 is 5.97 Å². The summed E-state index contributed by atoms with van der Waals surface area (Å²) in [5.41, 5.74) is -0.924. The quantitative estimate of drug-likeness (QED) is 0.443. The number of esters is 1. The first kappa shape index (κ1) is 19.5. The van der Waals surface area contributed by atoms with Crippen LogP contribution in [0.4, 0.5) is 13.2 Å². The van der Waals surface area contributed by atoms with Crippen LogP contribution in [0.1, 0.15) is 42.1 Å². The molecule has 0 fully saturated rings. The van der Waals surface area contributed by atoms with E-state index in [1.54, 1.807) is 6.92 Å². The van der Waals surface area contributed by atoms with E-state index in [1.807, 2.05) is 0 Å². The molecule has 1 aromatic rings. The maximum atomic E-state index is 12.8. The second-order valence-electron chi connectivity index (χ2n) is 7.19. The van der Waals surface area contributed by atoms with E-state index in [0.717, 1.165) is 31.4 Å². The van der Waals surface area contributed by atoms with E-state index in [2.05, 4.69) is 26.2 Å². The Bertz CT molecular complexity index is 638. The summed E-state index contributed by atoms with van der Waals surface area (Å²) in [4.78, 5) is 12.2. The fraction of sp³-hybridized carbons (Fsp3) is 0.526. The number of carbonyl (C=O) groups excluding carboxylic acids is 1. The third-order valence-electron chi connectivity index (χ3n) is 4.69. The molecule has 0 heterocycles. The molecule has 1 aliphatic carbocycles. The van der Waals surface area contributed by atoms with Gasteiger partial charge in [0.15, 0.2) is 0 Å². The number of carbonyl (C=O) groups is 1. The van der Waals surface area contributed by atoms with Crippen LogP contribution < -0.4 is 0 Å². The number of benzene rings is 1. The number of alkyl halides is 3. The highest BCUT2D eigenvalue weighted by molar-refractivity contribution is 5.89. The van der Waals surface area contributed by atoms with Gasteiger partial charge in [-0.25, -0.2) is 4.79 Å². The van der Waals surface area contributed by atoms with Crippen molar-refractivity contribution in [1.29, 1.82) is 0 Å². The number of rotatable bonds is 5. The van der Waals surface area contributed by atoms with Gasteiger partial charge in [0.05, 0.1) is 31.3 Å². The molecule has 0 amide bonds. The molecule has 0 N–H and O–H groups in total. The smallest absolute Gasteiger partial charge is 0.416 e. The Hall–Kier alpha value is -1.82. The number of halogens is 3. The SMILES string of the molecule is CC(C[N+](C)(C)C1CC=CCC1)OC(=O)c1cccc(C(F)(F)F)c1. The van der Waals surface area contributed by atoms with Gasteiger partial charge in [0.25, 0.3) is 0 Å². The predicted octanol–water partition coefficient (Wildman–Crippen LogP) is 4.44. The van der Waals surface area contributed by atoms with Crippen molar-refractivity contribution in [3.05, 3.63) is 47.5 Å². The van der Waals surface area contributed by atoms with Gasteiger partial charge in [-0.05, 0) is 31.5 Å². The second-order valence-corrected chi connectivity index (χ2v) is 7.19. The summed E-state index contributed by atoms with van der Waals surface area (Å²) in [6.45, 7) is 2.40. The first-order chi connectivity index (χ1) is 11.6. The van der Waals surface area contributed by atoms with E-state index in [4.69, 9.17) is 4.74 Å². The lowest BCUT2D eigenvalue weighted by Gasteiger charge is -2.40. The molecule has 2 rings (SSSR count). The Labute approximate surface area is 146 Å². The lowest BCUT2D eigenvalue weighted by molar-refractivity contribution is -0.917. The van der Waals surface area contributed by atoms with E-state index in [0.29, 0.717) is 17.1 Å². The second kappa shape index (κ2) is 7.60. The van der Waals surface area contributed by atoms with Crippen molar-refractivity contribution in [2.24, 2.45) is 0 Å². The predicted molar refractivity (Wildman–Crippen MR) is 90.1 cm³/mol. The Kier molecular flexibility index (Phi) is 5.93. The van der Waals surface area contributed by atoms with Gasteiger partial charge in [-0.15, -0.1) is 0 Å². The lowest BCUT2D eigenvalue weighted by Crippen LogP contribution is -2.53. The number of hydrogen-bond acceptors (Lipinski definition) is 2. The average molecular weight is 356 g/mol. The van der Waals surface area contributed by atoms with Gasteiger partial charge in [-0.2, -0.15) is 13.2 Å². The molecule has 25 heavy (non-hydrogen) atoms. The zero-order valence-electron chi connectivity index (χ0n) is 14.8. The van der Waals surface area contributed by atoms with Gasteiger partial charge in [0.2, 0.25) is 0 Å². The Morgan fingerprint density at radius 3 is 2.64 bits per heavy atom. The van der Waals surface area contributed by atoms with E-state index in [9.17, 15) is 18.0 Å². The van der Waals surface area contributed by atoms with Crippen molar-refractivity contribution in [3.8, 4) is 0 Å². The van der Waals surface area contributed by atoms with E-state index >= 15 is 0 Å². The topological polar surface area (TPSA) is 26.3 Å². The molecule has 1 aromatic carbocycles. The molecule has 138 valence electrons. The average Bonchev–Trinajstić information content (AvgIpc) is 2.54. The van der Waals surface area contributed by atoms with Crippen LogP contribution in [0.3, 0.4) is 0 Å². The van der Waals surface area contributed by atoms with Crippen LogP contribution >= 0.6 is 0 Å². The molecule has 0 saturated carbocycles. The molecule has 1 aliphatic rings. The molecular weight excluding hydrogens is 331 g/mol. The summed E-state index contributed by atoms with van der Waals surface area (Å²) in [6, 6.07) is 4.80. The van der Waals surface area contributed by atoms with Gasteiger partial charge >= 0.3 is 12.1 Å². The van der Waals surface area contributed by atoms with Crippen LogP contribution in [-0.4, -0.2) is 43.2 Å². The number of quaternary nitrogens is 1. The standard InChI is InChI=1S/C19H25F3NO2/c1-14(13-23(2,3)17-10-5-4-6-11-17)25-18(24)15-8-7-9-16(12-15)19(20,21)22/h4-5,7-9,12,14,17H,6,10-11,13H2,1-3H3/q+1. The normalized spacial score (nSPS) is 19.5. The maximum Gasteiger partial charge on any atom is 0.416 e. The van der Waals surface area contributed by atoms with Gasteiger partial charge in [-0.3, -0.25) is 0 Å². The molecule has 6 heteroatoms. The molecule has 0 aromatic heterocycles. The maximum absolute atomic E-state index is 12.8. The largest absolute Gasteiger partial charge is 0.453 e. The zero-order valence-corrected chi connectivity index (χ0v) is 14.8. The first-order valence-electron chi connectivity index (χ1n) is 8.45. The summed E-state index contributed by atoms with van der Waals surface area (Å²) in [7, 11) is 4.19. The van der Waals surface area contributed by atoms with Crippen molar-refractivity contribution < 1.29 is 27.2 Å². The molecule has 0 radical (unpaired) electrons. The summed E-state index contributed by atoms with van der Waals surface area (Å²) in [5.74, 6) is -0.720. The highest BCUT2D eigenvalue weighted by atomic mass is 19.4. The number of nitrogens with zero attached hydrogens (tertiary/aromatic N) is 1. The van der Waals surface area contributed by atoms with Crippen LogP contribution in [0.5, 0.6) is 0 Å². The van der Waals surface area contributed by atoms with E-state index in [1.165, 1.54) is 12.1 Å². The van der Waals surface area contributed by atoms with Crippen molar-refractivity contribution in [1.82, 2.24) is 0 Å². The summed E-state index contributed by atoms with van der Waals surface area (Å²) in [5, 5.41) is 0. The highest BCUT2D eigenvalue weighted by Crippen LogP contribution is 2.30. The third-order valence-corrected chi connectivity index (χ3v) is 4.69. The van der Waals surface area contributed by atoms with Gasteiger partial charge in [0.1, 0.15) is 12.6 Å². The van der Waals surface area contributed by atoms with Crippen molar-refractivity contribution in [2.45, 2.75) is 44.5 Å². The molecule has 0 spiro atoms. The highest BCUT2D eigenvalue weighted by Gasteiger charge is 2.33. The Morgan fingerprint density at radius 2 is 2.04 bits per heavy atom. The molecule has 0 bridgehead atoms. The van der Waals surface area contributed by atoms with Gasteiger partial charge in [-0.1, -0.05) is 18.2 Å². The molecule has 2 atom stereocenters. The summed E-state index contributed by atoms with van der Waals surface area (Å²) in [6.07, 6.45) is 2.60. The molecule has 0 aliphatic heterocycles. The summed E-state index contributed by atoms with van der Waals surface area (Å²) < 4.78 is 44.4. The minimum absolute atomic E-state index is 0.0763. The van der Waals surface area contributed by atoms with Crippen LogP contribution in [0.15, 0.2) is 36.4 Å². The van der Waals surface area contributed by atoms with E-state index in [-0.39, 0.29) is 11.7 Å². The number of ether oxygens (including phenoxy) is 1. The number of likely N-dealkylation sites (N-methyl/N-ethyl adjacent to an activating group) is 1. The fourth-order valence-electron chi connectivity index (χ4n) is 3.33. The van der Waals surface area contributed by atoms with Crippen LogP contribution in [0, 0.1) is 0 Å². The van der Waals surface area contributed by atoms with Crippen molar-refractivity contribution in [2.75, 3.05) is 20.6 Å². The van der Waals surface area contributed by atoms with Crippen molar-refractivity contribution in [3.63, 3.8) is 0 Å². The molecular formula is C19H25F3NO2+. The molecule has 3 nitrogen and oxygen atoms in total. The van der Waals surface area contributed by atoms with Gasteiger partial charge in [0, 0.05) is 12.8 Å². The Balaban J connectivity index is 1.99.